The van der Waals surface area contributed by atoms with E-state index in [0.29, 0.717) is 71.2 Å². The fourth-order valence-electron chi connectivity index (χ4n) is 8.75. The Morgan fingerprint density at radius 3 is 1.22 bits per heavy atom. The van der Waals surface area contributed by atoms with Crippen molar-refractivity contribution >= 4 is 46.8 Å². The molecule has 10 nitrogen and oxygen atoms in total. The van der Waals surface area contributed by atoms with Gasteiger partial charge in [0.15, 0.2) is 0 Å². The van der Waals surface area contributed by atoms with Gasteiger partial charge >= 0.3 is 0 Å². The number of rotatable bonds is 6. The van der Waals surface area contributed by atoms with Gasteiger partial charge in [0.25, 0.3) is 11.8 Å². The highest BCUT2D eigenvalue weighted by Gasteiger charge is 2.33. The molecule has 372 valence electrons. The Balaban J connectivity index is 0.000000211. The number of halogens is 2. The van der Waals surface area contributed by atoms with Crippen LogP contribution in [0.15, 0.2) is 182 Å². The highest BCUT2D eigenvalue weighted by Crippen LogP contribution is 2.29. The molecule has 6 aromatic carbocycles. The topological polar surface area (TPSA) is 117 Å². The van der Waals surface area contributed by atoms with Crippen molar-refractivity contribution in [2.45, 2.75) is 88.7 Å². The number of hydrogen-bond acceptors (Lipinski definition) is 6. The van der Waals surface area contributed by atoms with Crippen molar-refractivity contribution in [3.05, 3.63) is 225 Å². The molecule has 72 heavy (non-hydrogen) atoms. The molecular weight excluding hydrogens is 944 g/mol. The first-order valence-electron chi connectivity index (χ1n) is 24.4. The molecule has 0 saturated heterocycles. The molecule has 6 aromatic rings. The molecule has 0 aliphatic carbocycles. The number of ether oxygens (including phenoxy) is 2. The lowest BCUT2D eigenvalue weighted by Crippen LogP contribution is -2.49. The number of likely N-dealkylation sites (N-methyl/N-ethyl adjacent to an activating group) is 2. The maximum atomic E-state index is 13.8. The Morgan fingerprint density at radius 1 is 0.472 bits per heavy atom. The first-order valence-corrected chi connectivity index (χ1v) is 25.1. The van der Waals surface area contributed by atoms with Crippen LogP contribution in [0, 0.1) is 0 Å². The third-order valence-corrected chi connectivity index (χ3v) is 13.2. The number of amides is 4. The van der Waals surface area contributed by atoms with E-state index < -0.39 is 12.1 Å². The average Bonchev–Trinajstić information content (AvgIpc) is 3.38. The van der Waals surface area contributed by atoms with Gasteiger partial charge in [-0.3, -0.25) is 19.2 Å². The van der Waals surface area contributed by atoms with Gasteiger partial charge in [0, 0.05) is 49.8 Å². The smallest absolute Gasteiger partial charge is 0.258 e. The van der Waals surface area contributed by atoms with E-state index in [1.807, 2.05) is 147 Å². The van der Waals surface area contributed by atoms with Gasteiger partial charge < -0.3 is 29.9 Å². The third-order valence-electron chi connectivity index (χ3n) is 12.8. The van der Waals surface area contributed by atoms with Crippen LogP contribution in [0.1, 0.15) is 94.6 Å². The molecule has 0 aromatic heterocycles. The Kier molecular flexibility index (Phi) is 18.9. The minimum Gasteiger partial charge on any atom is -0.490 e. The van der Waals surface area contributed by atoms with E-state index in [1.165, 1.54) is 9.80 Å². The highest BCUT2D eigenvalue weighted by atomic mass is 35.5. The number of carbonyl (C=O) groups is 4. The summed E-state index contributed by atoms with van der Waals surface area (Å²) in [5.41, 5.74) is 4.63. The van der Waals surface area contributed by atoms with Crippen molar-refractivity contribution in [3.63, 3.8) is 0 Å². The zero-order valence-electron chi connectivity index (χ0n) is 41.1. The summed E-state index contributed by atoms with van der Waals surface area (Å²) in [6, 6.07) is 46.9. The van der Waals surface area contributed by atoms with Crippen LogP contribution in [-0.2, 0) is 22.4 Å². The summed E-state index contributed by atoms with van der Waals surface area (Å²) in [6.07, 6.45) is 11.3. The van der Waals surface area contributed by atoms with Crippen LogP contribution in [0.2, 0.25) is 10.0 Å². The van der Waals surface area contributed by atoms with Crippen LogP contribution < -0.4 is 20.1 Å². The molecule has 0 bridgehead atoms. The molecule has 0 saturated carbocycles. The van der Waals surface area contributed by atoms with Crippen molar-refractivity contribution in [1.29, 1.82) is 0 Å². The molecule has 4 amide bonds. The normalized spacial score (nSPS) is 22.1. The van der Waals surface area contributed by atoms with Crippen molar-refractivity contribution in [2.24, 2.45) is 0 Å². The maximum absolute atomic E-state index is 13.8. The number of nitrogens with zero attached hydrogens (tertiary/aromatic N) is 2. The van der Waals surface area contributed by atoms with Crippen LogP contribution in [0.3, 0.4) is 0 Å². The van der Waals surface area contributed by atoms with E-state index in [0.717, 1.165) is 22.3 Å². The molecule has 2 aliphatic rings. The Morgan fingerprint density at radius 2 is 0.833 bits per heavy atom. The Bertz CT molecular complexity index is 2650. The van der Waals surface area contributed by atoms with E-state index in [9.17, 15) is 19.2 Å². The van der Waals surface area contributed by atoms with Gasteiger partial charge in [-0.1, -0.05) is 157 Å². The summed E-state index contributed by atoms with van der Waals surface area (Å²) in [7, 11) is 3.35. The predicted octanol–water partition coefficient (Wildman–Crippen LogP) is 12.0. The zero-order valence-corrected chi connectivity index (χ0v) is 42.6. The standard InChI is InChI=1S/2C30H31ClN2O3/c2*1-21-11-6-8-17-26(23-14-10-15-24(31)20-23)32-29(34)27(19-22-12-4-3-5-13-22)33(2)30(35)25-16-7-9-18-28(25)36-21/h2*3-10,12-16,18,20-21,26-27H,11,17,19H2,1-2H3,(H,32,34)/b8-6+;8-6-/t2*21-,26+,27+/m00/s1. The van der Waals surface area contributed by atoms with Crippen molar-refractivity contribution in [1.82, 2.24) is 20.4 Å². The van der Waals surface area contributed by atoms with Crippen LogP contribution in [-0.4, -0.2) is 71.8 Å². The summed E-state index contributed by atoms with van der Waals surface area (Å²) in [5, 5.41) is 7.61. The number of carbonyl (C=O) groups excluding carboxylic acids is 4. The summed E-state index contributed by atoms with van der Waals surface area (Å²) in [5.74, 6) is 0.0568. The number of nitrogens with one attached hydrogen (secondary N) is 2. The molecule has 8 rings (SSSR count). The SMILES string of the molecule is C[C@H]1C/C=C/C[C@H](c2cccc(Cl)c2)NC(=O)[C@@H](Cc2ccccc2)N(C)C(=O)c2ccccc2O1.C[C@H]1C/C=C\C[C@H](c2cccc(Cl)c2)NC(=O)[C@@H](Cc2ccccc2)N(C)C(=O)c2ccccc2O1. The van der Waals surface area contributed by atoms with Crippen molar-refractivity contribution in [3.8, 4) is 11.5 Å². The fraction of sp³-hybridized carbons (Fsp3) is 0.267. The summed E-state index contributed by atoms with van der Waals surface area (Å²) >= 11 is 12.5. The number of benzene rings is 6. The predicted molar refractivity (Wildman–Crippen MR) is 287 cm³/mol. The minimum absolute atomic E-state index is 0.122. The zero-order chi connectivity index (χ0) is 51.0. The average molecular weight is 1010 g/mol. The lowest BCUT2D eigenvalue weighted by atomic mass is 9.99. The fourth-order valence-corrected chi connectivity index (χ4v) is 9.15. The second-order valence-corrected chi connectivity index (χ2v) is 19.1. The molecular formula is C60H62Cl2N4O6. The van der Waals surface area contributed by atoms with Crippen LogP contribution in [0.4, 0.5) is 0 Å². The largest absolute Gasteiger partial charge is 0.490 e. The molecule has 0 spiro atoms. The van der Waals surface area contributed by atoms with Gasteiger partial charge in [0.1, 0.15) is 23.6 Å². The second-order valence-electron chi connectivity index (χ2n) is 18.2. The maximum Gasteiger partial charge on any atom is 0.258 e. The van der Waals surface area contributed by atoms with Crippen molar-refractivity contribution in [2.75, 3.05) is 14.1 Å². The van der Waals surface area contributed by atoms with E-state index in [-0.39, 0.29) is 47.9 Å². The Hall–Kier alpha value is -7.14. The Labute approximate surface area is 433 Å². The van der Waals surface area contributed by atoms with Gasteiger partial charge in [0.05, 0.1) is 35.4 Å². The number of para-hydroxylation sites is 2. The van der Waals surface area contributed by atoms with E-state index >= 15 is 0 Å². The van der Waals surface area contributed by atoms with Gasteiger partial charge in [0.2, 0.25) is 11.8 Å². The number of hydrogen-bond donors (Lipinski definition) is 2. The van der Waals surface area contributed by atoms with Crippen LogP contribution in [0.5, 0.6) is 11.5 Å². The van der Waals surface area contributed by atoms with Crippen LogP contribution >= 0.6 is 23.2 Å². The van der Waals surface area contributed by atoms with Gasteiger partial charge in [-0.25, -0.2) is 0 Å². The van der Waals surface area contributed by atoms with Gasteiger partial charge in [-0.2, -0.15) is 0 Å². The summed E-state index contributed by atoms with van der Waals surface area (Å²) in [4.78, 5) is 58.0. The summed E-state index contributed by atoms with van der Waals surface area (Å²) in [6.45, 7) is 3.96. The molecule has 0 radical (unpaired) electrons. The molecule has 0 unspecified atom stereocenters. The van der Waals surface area contributed by atoms with Gasteiger partial charge in [-0.05, 0) is 97.5 Å². The third kappa shape index (κ3) is 14.5. The molecule has 2 aliphatic heterocycles. The first kappa shape index (κ1) is 52.7. The molecule has 2 heterocycles. The van der Waals surface area contributed by atoms with E-state index in [1.54, 1.807) is 38.4 Å². The molecule has 0 fully saturated rings. The molecule has 12 heteroatoms. The van der Waals surface area contributed by atoms with E-state index in [4.69, 9.17) is 32.7 Å². The van der Waals surface area contributed by atoms with Crippen molar-refractivity contribution < 1.29 is 28.7 Å². The molecule has 2 N–H and O–H groups in total. The minimum atomic E-state index is -0.723. The first-order chi connectivity index (χ1) is 34.8. The van der Waals surface area contributed by atoms with Crippen LogP contribution in [0.25, 0.3) is 0 Å². The second kappa shape index (κ2) is 25.8. The number of fused-ring (bicyclic) bond motifs is 2. The highest BCUT2D eigenvalue weighted by molar-refractivity contribution is 6.31. The van der Waals surface area contributed by atoms with E-state index in [2.05, 4.69) is 34.9 Å². The lowest BCUT2D eigenvalue weighted by molar-refractivity contribution is -0.126. The van der Waals surface area contributed by atoms with Gasteiger partial charge in [-0.15, -0.1) is 0 Å². The monoisotopic (exact) mass is 1000 g/mol. The lowest BCUT2D eigenvalue weighted by Gasteiger charge is -2.30. The summed E-state index contributed by atoms with van der Waals surface area (Å²) < 4.78 is 12.3. The quantitative estimate of drug-likeness (QED) is 0.161. The molecule has 6 atom stereocenters.